The van der Waals surface area contributed by atoms with E-state index in [1.807, 2.05) is 44.2 Å². The SMILES string of the molecule is Cc1c(NC(=O)NC(C)C2CC2)c(=O)n(-c2ccccc2)n1C. The average molecular weight is 314 g/mol. The first-order valence-corrected chi connectivity index (χ1v) is 7.90. The normalized spacial score (nSPS) is 15.3. The van der Waals surface area contributed by atoms with Gasteiger partial charge in [-0.15, -0.1) is 0 Å². The first-order chi connectivity index (χ1) is 11.0. The van der Waals surface area contributed by atoms with Crippen LogP contribution in [0.1, 0.15) is 25.5 Å². The molecule has 6 nitrogen and oxygen atoms in total. The molecule has 0 radical (unpaired) electrons. The van der Waals surface area contributed by atoms with E-state index in [4.69, 9.17) is 0 Å². The number of carbonyl (C=O) groups excluding carboxylic acids is 1. The average Bonchev–Trinajstić information content (AvgIpc) is 3.35. The number of amides is 2. The van der Waals surface area contributed by atoms with Crippen molar-refractivity contribution in [2.45, 2.75) is 32.7 Å². The van der Waals surface area contributed by atoms with Gasteiger partial charge >= 0.3 is 6.03 Å². The molecule has 1 aliphatic carbocycles. The lowest BCUT2D eigenvalue weighted by Crippen LogP contribution is -2.38. The van der Waals surface area contributed by atoms with E-state index in [0.717, 1.165) is 18.5 Å². The largest absolute Gasteiger partial charge is 0.335 e. The smallest absolute Gasteiger partial charge is 0.319 e. The number of urea groups is 1. The van der Waals surface area contributed by atoms with E-state index in [1.54, 1.807) is 16.4 Å². The molecule has 2 amide bonds. The van der Waals surface area contributed by atoms with Crippen LogP contribution in [-0.2, 0) is 7.05 Å². The van der Waals surface area contributed by atoms with Gasteiger partial charge in [0.25, 0.3) is 5.56 Å². The lowest BCUT2D eigenvalue weighted by Gasteiger charge is -2.13. The fourth-order valence-electron chi connectivity index (χ4n) is 2.78. The van der Waals surface area contributed by atoms with E-state index in [0.29, 0.717) is 17.3 Å². The summed E-state index contributed by atoms with van der Waals surface area (Å²) in [5, 5.41) is 5.62. The minimum absolute atomic E-state index is 0.135. The summed E-state index contributed by atoms with van der Waals surface area (Å²) in [6, 6.07) is 9.18. The number of nitrogens with one attached hydrogen (secondary N) is 2. The molecular formula is C17H22N4O2. The number of anilines is 1. The van der Waals surface area contributed by atoms with Gasteiger partial charge in [0, 0.05) is 13.1 Å². The van der Waals surface area contributed by atoms with Crippen molar-refractivity contribution in [3.63, 3.8) is 0 Å². The lowest BCUT2D eigenvalue weighted by atomic mass is 10.2. The molecular weight excluding hydrogens is 292 g/mol. The first kappa shape index (κ1) is 15.4. The Labute approximate surface area is 135 Å². The van der Waals surface area contributed by atoms with Crippen molar-refractivity contribution in [2.24, 2.45) is 13.0 Å². The van der Waals surface area contributed by atoms with E-state index in [9.17, 15) is 9.59 Å². The van der Waals surface area contributed by atoms with Crippen molar-refractivity contribution in [3.05, 3.63) is 46.4 Å². The summed E-state index contributed by atoms with van der Waals surface area (Å²) in [5.41, 5.74) is 1.57. The molecule has 0 aliphatic heterocycles. The molecule has 1 saturated carbocycles. The predicted molar refractivity (Wildman–Crippen MR) is 90.1 cm³/mol. The van der Waals surface area contributed by atoms with Crippen molar-refractivity contribution < 1.29 is 4.79 Å². The van der Waals surface area contributed by atoms with E-state index >= 15 is 0 Å². The molecule has 1 heterocycles. The van der Waals surface area contributed by atoms with Crippen molar-refractivity contribution in [2.75, 3.05) is 5.32 Å². The third-order valence-electron chi connectivity index (χ3n) is 4.48. The van der Waals surface area contributed by atoms with Crippen molar-refractivity contribution in [3.8, 4) is 5.69 Å². The highest BCUT2D eigenvalue weighted by Gasteiger charge is 2.29. The molecule has 3 rings (SSSR count). The molecule has 0 spiro atoms. The molecule has 2 aromatic rings. The Morgan fingerprint density at radius 3 is 2.52 bits per heavy atom. The molecule has 1 fully saturated rings. The number of carbonyl (C=O) groups is 1. The molecule has 1 aromatic carbocycles. The van der Waals surface area contributed by atoms with Crippen LogP contribution in [-0.4, -0.2) is 21.4 Å². The topological polar surface area (TPSA) is 68.1 Å². The Bertz CT molecular complexity index is 772. The first-order valence-electron chi connectivity index (χ1n) is 7.90. The number of benzene rings is 1. The van der Waals surface area contributed by atoms with Crippen LogP contribution >= 0.6 is 0 Å². The summed E-state index contributed by atoms with van der Waals surface area (Å²) >= 11 is 0. The van der Waals surface area contributed by atoms with Gasteiger partial charge in [0.15, 0.2) is 0 Å². The van der Waals surface area contributed by atoms with Crippen molar-refractivity contribution in [1.82, 2.24) is 14.7 Å². The van der Waals surface area contributed by atoms with Gasteiger partial charge in [-0.2, -0.15) is 0 Å². The molecule has 2 N–H and O–H groups in total. The molecule has 6 heteroatoms. The van der Waals surface area contributed by atoms with Gasteiger partial charge in [-0.05, 0) is 44.7 Å². The standard InChI is InChI=1S/C17H22N4O2/c1-11(13-9-10-13)18-17(23)19-15-12(2)20(3)21(16(15)22)14-7-5-4-6-8-14/h4-8,11,13H,9-10H2,1-3H3,(H2,18,19,23). The van der Waals surface area contributed by atoms with Crippen LogP contribution in [0.4, 0.5) is 10.5 Å². The van der Waals surface area contributed by atoms with E-state index in [2.05, 4.69) is 10.6 Å². The maximum absolute atomic E-state index is 12.7. The third-order valence-corrected chi connectivity index (χ3v) is 4.48. The zero-order valence-corrected chi connectivity index (χ0v) is 13.7. The zero-order chi connectivity index (χ0) is 16.6. The highest BCUT2D eigenvalue weighted by molar-refractivity contribution is 5.90. The monoisotopic (exact) mass is 314 g/mol. The summed E-state index contributed by atoms with van der Waals surface area (Å²) < 4.78 is 3.30. The Morgan fingerprint density at radius 2 is 1.91 bits per heavy atom. The summed E-state index contributed by atoms with van der Waals surface area (Å²) in [5.74, 6) is 0.568. The number of nitrogens with zero attached hydrogens (tertiary/aromatic N) is 2. The zero-order valence-electron chi connectivity index (χ0n) is 13.7. The summed E-state index contributed by atoms with van der Waals surface area (Å²) in [7, 11) is 1.81. The minimum Gasteiger partial charge on any atom is -0.335 e. The van der Waals surface area contributed by atoms with Crippen LogP contribution in [0.15, 0.2) is 35.1 Å². The van der Waals surface area contributed by atoms with Crippen LogP contribution in [0.2, 0.25) is 0 Å². The maximum atomic E-state index is 12.7. The fourth-order valence-corrected chi connectivity index (χ4v) is 2.78. The molecule has 1 unspecified atom stereocenters. The molecule has 122 valence electrons. The van der Waals surface area contributed by atoms with Gasteiger partial charge in [-0.3, -0.25) is 9.48 Å². The summed E-state index contributed by atoms with van der Waals surface area (Å²) in [6.45, 7) is 3.82. The molecule has 1 aromatic heterocycles. The highest BCUT2D eigenvalue weighted by atomic mass is 16.2. The van der Waals surface area contributed by atoms with E-state index < -0.39 is 0 Å². The third kappa shape index (κ3) is 3.02. The van der Waals surface area contributed by atoms with Crippen LogP contribution in [0.5, 0.6) is 0 Å². The Kier molecular flexibility index (Phi) is 3.98. The van der Waals surface area contributed by atoms with Gasteiger partial charge in [-0.1, -0.05) is 18.2 Å². The number of hydrogen-bond acceptors (Lipinski definition) is 2. The quantitative estimate of drug-likeness (QED) is 0.910. The van der Waals surface area contributed by atoms with E-state index in [-0.39, 0.29) is 17.6 Å². The van der Waals surface area contributed by atoms with Crippen LogP contribution in [0.3, 0.4) is 0 Å². The predicted octanol–water partition coefficient (Wildman–Crippen LogP) is 2.40. The molecule has 1 aliphatic rings. The highest BCUT2D eigenvalue weighted by Crippen LogP contribution is 2.32. The molecule has 0 saturated heterocycles. The lowest BCUT2D eigenvalue weighted by molar-refractivity contribution is 0.248. The van der Waals surface area contributed by atoms with Gasteiger partial charge in [0.1, 0.15) is 5.69 Å². The number of rotatable bonds is 4. The Hall–Kier alpha value is -2.50. The van der Waals surface area contributed by atoms with Crippen molar-refractivity contribution >= 4 is 11.7 Å². The number of para-hydroxylation sites is 1. The van der Waals surface area contributed by atoms with E-state index in [1.165, 1.54) is 0 Å². The molecule has 1 atom stereocenters. The van der Waals surface area contributed by atoms with Gasteiger partial charge in [0.05, 0.1) is 11.4 Å². The second kappa shape index (κ2) is 5.95. The van der Waals surface area contributed by atoms with Gasteiger partial charge in [-0.25, -0.2) is 9.48 Å². The molecule has 23 heavy (non-hydrogen) atoms. The summed E-state index contributed by atoms with van der Waals surface area (Å²) in [4.78, 5) is 24.8. The maximum Gasteiger partial charge on any atom is 0.319 e. The number of hydrogen-bond donors (Lipinski definition) is 2. The second-order valence-corrected chi connectivity index (χ2v) is 6.16. The van der Waals surface area contributed by atoms with Crippen LogP contribution in [0.25, 0.3) is 5.69 Å². The molecule has 0 bridgehead atoms. The van der Waals surface area contributed by atoms with Crippen molar-refractivity contribution in [1.29, 1.82) is 0 Å². The Balaban J connectivity index is 1.85. The summed E-state index contributed by atoms with van der Waals surface area (Å²) in [6.07, 6.45) is 2.32. The van der Waals surface area contributed by atoms with Gasteiger partial charge < -0.3 is 10.6 Å². The minimum atomic E-state index is -0.324. The van der Waals surface area contributed by atoms with Crippen LogP contribution in [0, 0.1) is 12.8 Å². The fraction of sp³-hybridized carbons (Fsp3) is 0.412. The van der Waals surface area contributed by atoms with Crippen LogP contribution < -0.4 is 16.2 Å². The number of aromatic nitrogens is 2. The Morgan fingerprint density at radius 1 is 1.26 bits per heavy atom. The van der Waals surface area contributed by atoms with Gasteiger partial charge in [0.2, 0.25) is 0 Å². The second-order valence-electron chi connectivity index (χ2n) is 6.16.